The monoisotopic (exact) mass is 555 g/mol. The standard InChI is InChI=1S/C26H30ClN7O3S/c1-33(2)26(37)14-4-5-17(30-23(35)21-10-19-15(11-28-21)8-16(27)12-29-19)20(9-14)31-24(36)25-32-18-6-7-34(3)13-22(18)38-25/h8,10-12,14,17,20H,4-7,9,13H2,1-3H3,(H,30,35)(H,31,36). The fourth-order valence-electron chi connectivity index (χ4n) is 5.10. The molecule has 0 radical (unpaired) electrons. The van der Waals surface area contributed by atoms with E-state index in [0.717, 1.165) is 35.5 Å². The molecule has 3 aromatic heterocycles. The van der Waals surface area contributed by atoms with E-state index >= 15 is 0 Å². The van der Waals surface area contributed by atoms with Gasteiger partial charge in [-0.15, -0.1) is 11.3 Å². The average molecular weight is 556 g/mol. The molecule has 0 spiro atoms. The van der Waals surface area contributed by atoms with Gasteiger partial charge in [-0.3, -0.25) is 24.4 Å². The minimum atomic E-state index is -0.435. The molecular weight excluding hydrogens is 526 g/mol. The Morgan fingerprint density at radius 2 is 1.87 bits per heavy atom. The van der Waals surface area contributed by atoms with Crippen LogP contribution in [0, 0.1) is 5.92 Å². The van der Waals surface area contributed by atoms with Crippen molar-refractivity contribution in [3.8, 4) is 0 Å². The molecule has 0 aromatic carbocycles. The summed E-state index contributed by atoms with van der Waals surface area (Å²) >= 11 is 7.41. The predicted molar refractivity (Wildman–Crippen MR) is 145 cm³/mol. The number of pyridine rings is 2. The van der Waals surface area contributed by atoms with Gasteiger partial charge < -0.3 is 20.4 Å². The fraction of sp³-hybridized carbons (Fsp3) is 0.462. The van der Waals surface area contributed by atoms with Crippen molar-refractivity contribution in [2.24, 2.45) is 5.92 Å². The lowest BCUT2D eigenvalue weighted by atomic mass is 9.81. The maximum atomic E-state index is 13.3. The van der Waals surface area contributed by atoms with Gasteiger partial charge in [0.2, 0.25) is 5.91 Å². The van der Waals surface area contributed by atoms with Crippen LogP contribution in [-0.2, 0) is 17.8 Å². The quantitative estimate of drug-likeness (QED) is 0.496. The number of hydrogen-bond acceptors (Lipinski definition) is 8. The van der Waals surface area contributed by atoms with Gasteiger partial charge in [0.1, 0.15) is 5.69 Å². The van der Waals surface area contributed by atoms with E-state index in [9.17, 15) is 14.4 Å². The first-order valence-electron chi connectivity index (χ1n) is 12.6. The van der Waals surface area contributed by atoms with Gasteiger partial charge >= 0.3 is 0 Å². The lowest BCUT2D eigenvalue weighted by molar-refractivity contribution is -0.134. The van der Waals surface area contributed by atoms with Crippen LogP contribution in [0.2, 0.25) is 5.02 Å². The Hall–Kier alpha value is -3.15. The summed E-state index contributed by atoms with van der Waals surface area (Å²) in [6.45, 7) is 1.69. The fourth-order valence-corrected chi connectivity index (χ4v) is 6.36. The maximum absolute atomic E-state index is 13.3. The van der Waals surface area contributed by atoms with Crippen molar-refractivity contribution in [2.45, 2.75) is 44.3 Å². The van der Waals surface area contributed by atoms with Crippen LogP contribution in [0.4, 0.5) is 0 Å². The van der Waals surface area contributed by atoms with E-state index in [-0.39, 0.29) is 35.4 Å². The molecule has 3 aromatic rings. The van der Waals surface area contributed by atoms with Gasteiger partial charge in [0.15, 0.2) is 5.01 Å². The molecule has 3 unspecified atom stereocenters. The second-order valence-corrected chi connectivity index (χ2v) is 11.7. The molecule has 200 valence electrons. The maximum Gasteiger partial charge on any atom is 0.280 e. The Kier molecular flexibility index (Phi) is 7.60. The number of halogens is 1. The zero-order valence-electron chi connectivity index (χ0n) is 21.5. The van der Waals surface area contributed by atoms with Crippen LogP contribution in [0.15, 0.2) is 24.5 Å². The highest BCUT2D eigenvalue weighted by Crippen LogP contribution is 2.28. The number of hydrogen-bond donors (Lipinski definition) is 2. The number of carbonyl (C=O) groups excluding carboxylic acids is 3. The zero-order chi connectivity index (χ0) is 27.0. The van der Waals surface area contributed by atoms with Crippen molar-refractivity contribution in [3.05, 3.63) is 50.8 Å². The number of rotatable bonds is 5. The van der Waals surface area contributed by atoms with Crippen molar-refractivity contribution in [3.63, 3.8) is 0 Å². The number of likely N-dealkylation sites (N-methyl/N-ethyl adjacent to an activating group) is 1. The topological polar surface area (TPSA) is 120 Å². The predicted octanol–water partition coefficient (Wildman–Crippen LogP) is 2.51. The molecule has 3 amide bonds. The highest BCUT2D eigenvalue weighted by atomic mass is 35.5. The summed E-state index contributed by atoms with van der Waals surface area (Å²) in [7, 11) is 5.51. The minimum absolute atomic E-state index is 0.0164. The third-order valence-electron chi connectivity index (χ3n) is 7.15. The Morgan fingerprint density at radius 3 is 2.66 bits per heavy atom. The first kappa shape index (κ1) is 26.5. The van der Waals surface area contributed by atoms with Crippen molar-refractivity contribution in [2.75, 3.05) is 27.7 Å². The number of fused-ring (bicyclic) bond motifs is 2. The van der Waals surface area contributed by atoms with Crippen LogP contribution in [0.3, 0.4) is 0 Å². The first-order chi connectivity index (χ1) is 18.2. The molecule has 3 atom stereocenters. The van der Waals surface area contributed by atoms with Gasteiger partial charge in [0.25, 0.3) is 11.8 Å². The lowest BCUT2D eigenvalue weighted by Crippen LogP contribution is -2.56. The molecule has 4 heterocycles. The summed E-state index contributed by atoms with van der Waals surface area (Å²) in [5, 5.41) is 7.77. The van der Waals surface area contributed by atoms with Crippen molar-refractivity contribution in [1.29, 1.82) is 0 Å². The van der Waals surface area contributed by atoms with Gasteiger partial charge in [-0.25, -0.2) is 4.98 Å². The summed E-state index contributed by atoms with van der Waals surface area (Å²) in [4.78, 5) is 57.3. The molecule has 1 aliphatic carbocycles. The van der Waals surface area contributed by atoms with E-state index in [1.54, 1.807) is 37.3 Å². The van der Waals surface area contributed by atoms with Crippen LogP contribution in [0.1, 0.15) is 50.1 Å². The SMILES string of the molecule is CN1CCc2nc(C(=O)NC3CC(C(=O)N(C)C)CCC3NC(=O)c3cc4ncc(Cl)cc4cn3)sc2C1. The van der Waals surface area contributed by atoms with E-state index in [1.807, 2.05) is 0 Å². The number of nitrogens with zero attached hydrogens (tertiary/aromatic N) is 5. The number of aromatic nitrogens is 3. The van der Waals surface area contributed by atoms with Gasteiger partial charge in [-0.2, -0.15) is 0 Å². The summed E-state index contributed by atoms with van der Waals surface area (Å²) in [5.41, 5.74) is 1.81. The minimum Gasteiger partial charge on any atom is -0.349 e. The van der Waals surface area contributed by atoms with Crippen molar-refractivity contribution < 1.29 is 14.4 Å². The molecule has 10 nitrogen and oxygen atoms in total. The van der Waals surface area contributed by atoms with E-state index in [0.29, 0.717) is 34.8 Å². The molecular formula is C26H30ClN7O3S. The highest BCUT2D eigenvalue weighted by Gasteiger charge is 2.37. The van der Waals surface area contributed by atoms with Crippen molar-refractivity contribution in [1.82, 2.24) is 35.4 Å². The van der Waals surface area contributed by atoms with E-state index in [4.69, 9.17) is 11.6 Å². The first-order valence-corrected chi connectivity index (χ1v) is 13.8. The Labute approximate surface area is 229 Å². The molecule has 1 aliphatic heterocycles. The Morgan fingerprint density at radius 1 is 1.08 bits per heavy atom. The van der Waals surface area contributed by atoms with E-state index in [1.165, 1.54) is 17.5 Å². The highest BCUT2D eigenvalue weighted by molar-refractivity contribution is 7.13. The van der Waals surface area contributed by atoms with Crippen LogP contribution < -0.4 is 10.6 Å². The third kappa shape index (κ3) is 5.64. The van der Waals surface area contributed by atoms with Gasteiger partial charge in [-0.05, 0) is 38.4 Å². The summed E-state index contributed by atoms with van der Waals surface area (Å²) in [5.74, 6) is -0.866. The molecule has 5 rings (SSSR count). The summed E-state index contributed by atoms with van der Waals surface area (Å²) < 4.78 is 0. The van der Waals surface area contributed by atoms with Gasteiger partial charge in [0, 0.05) is 68.2 Å². The van der Waals surface area contributed by atoms with E-state index < -0.39 is 6.04 Å². The second kappa shape index (κ2) is 10.9. The number of nitrogens with one attached hydrogen (secondary N) is 2. The molecule has 0 bridgehead atoms. The average Bonchev–Trinajstić information content (AvgIpc) is 3.32. The lowest BCUT2D eigenvalue weighted by Gasteiger charge is -2.37. The molecule has 12 heteroatoms. The summed E-state index contributed by atoms with van der Waals surface area (Å²) in [6, 6.07) is 2.55. The van der Waals surface area contributed by atoms with Crippen LogP contribution >= 0.6 is 22.9 Å². The molecule has 38 heavy (non-hydrogen) atoms. The Bertz CT molecular complexity index is 1390. The number of amides is 3. The van der Waals surface area contributed by atoms with Crippen LogP contribution in [0.5, 0.6) is 0 Å². The molecule has 0 saturated heterocycles. The molecule has 1 fully saturated rings. The largest absolute Gasteiger partial charge is 0.349 e. The Balaban J connectivity index is 1.34. The van der Waals surface area contributed by atoms with Crippen LogP contribution in [-0.4, -0.2) is 82.2 Å². The normalized spacial score (nSPS) is 21.5. The molecule has 1 saturated carbocycles. The zero-order valence-corrected chi connectivity index (χ0v) is 23.1. The summed E-state index contributed by atoms with van der Waals surface area (Å²) in [6.07, 6.45) is 5.48. The van der Waals surface area contributed by atoms with Crippen molar-refractivity contribution >= 4 is 51.6 Å². The second-order valence-electron chi connectivity index (χ2n) is 10.2. The number of carbonyl (C=O) groups is 3. The van der Waals surface area contributed by atoms with E-state index in [2.05, 4.69) is 37.5 Å². The van der Waals surface area contributed by atoms with Gasteiger partial charge in [-0.1, -0.05) is 11.6 Å². The van der Waals surface area contributed by atoms with Gasteiger partial charge in [0.05, 0.1) is 22.3 Å². The third-order valence-corrected chi connectivity index (χ3v) is 8.44. The number of thiazole rings is 1. The molecule has 2 aliphatic rings. The van der Waals surface area contributed by atoms with Crippen LogP contribution in [0.25, 0.3) is 10.9 Å². The molecule has 2 N–H and O–H groups in total. The smallest absolute Gasteiger partial charge is 0.280 e.